The molecule has 0 N–H and O–H groups in total. The van der Waals surface area contributed by atoms with E-state index in [1.807, 2.05) is 20.8 Å². The lowest BCUT2D eigenvalue weighted by Gasteiger charge is -2.37. The first-order chi connectivity index (χ1) is 8.74. The number of ether oxygens (including phenoxy) is 1. The zero-order chi connectivity index (χ0) is 14.7. The van der Waals surface area contributed by atoms with E-state index in [-0.39, 0.29) is 0 Å². The molecule has 4 nitrogen and oxygen atoms in total. The second-order valence-corrected chi connectivity index (χ2v) is 6.49. The summed E-state index contributed by atoms with van der Waals surface area (Å²) in [5.74, 6) is 0.696. The zero-order valence-corrected chi connectivity index (χ0v) is 12.8. The van der Waals surface area contributed by atoms with Crippen LogP contribution < -0.4 is 0 Å². The predicted molar refractivity (Wildman–Crippen MR) is 75.6 cm³/mol. The van der Waals surface area contributed by atoms with Crippen molar-refractivity contribution >= 4 is 6.09 Å². The normalized spacial score (nSPS) is 27.5. The van der Waals surface area contributed by atoms with Crippen molar-refractivity contribution in [3.05, 3.63) is 11.4 Å². The summed E-state index contributed by atoms with van der Waals surface area (Å²) < 4.78 is 5.38. The van der Waals surface area contributed by atoms with Crippen LogP contribution in [0.2, 0.25) is 0 Å². The fraction of sp³-hybridized carbons (Fsp3) is 0.867. The van der Waals surface area contributed by atoms with Gasteiger partial charge in [0.1, 0.15) is 5.60 Å². The summed E-state index contributed by atoms with van der Waals surface area (Å²) in [7, 11) is 1.69. The fourth-order valence-corrected chi connectivity index (χ4v) is 2.57. The molecule has 0 aliphatic heterocycles. The molecule has 0 unspecified atom stereocenters. The molecule has 0 saturated heterocycles. The highest BCUT2D eigenvalue weighted by atomic mass is 16.6. The summed E-state index contributed by atoms with van der Waals surface area (Å²) in [4.78, 5) is 17.4. The van der Waals surface area contributed by atoms with Gasteiger partial charge in [-0.2, -0.15) is 0 Å². The van der Waals surface area contributed by atoms with Crippen molar-refractivity contribution in [2.24, 2.45) is 5.92 Å². The minimum atomic E-state index is -0.700. The Kier molecular flexibility index (Phi) is 4.84. The Hall–Kier alpha value is -1.24. The molecule has 0 aromatic rings. The van der Waals surface area contributed by atoms with E-state index in [2.05, 4.69) is 11.8 Å². The number of amides is 1. The number of carbonyl (C=O) groups excluding carboxylic acids is 1. The smallest absolute Gasteiger partial charge is 0.416 e. The molecule has 1 aliphatic carbocycles. The third kappa shape index (κ3) is 3.86. The van der Waals surface area contributed by atoms with Gasteiger partial charge in [0.15, 0.2) is 0 Å². The summed E-state index contributed by atoms with van der Waals surface area (Å²) in [5.41, 5.74) is -1.22. The molecule has 0 aromatic heterocycles. The standard InChI is InChI=1S/C15H26N2O2/c1-7-12-8-10-15(16-5,11-9-12)17(6)13(18)19-14(2,3)4/h12H,7-11H2,1-4,6H3. The van der Waals surface area contributed by atoms with E-state index >= 15 is 0 Å². The maximum Gasteiger partial charge on any atom is 0.416 e. The van der Waals surface area contributed by atoms with Gasteiger partial charge in [-0.15, -0.1) is 0 Å². The number of nitrogens with zero attached hydrogens (tertiary/aromatic N) is 2. The van der Waals surface area contributed by atoms with Crippen LogP contribution in [-0.4, -0.2) is 29.3 Å². The van der Waals surface area contributed by atoms with Crippen molar-refractivity contribution in [1.29, 1.82) is 0 Å². The van der Waals surface area contributed by atoms with Crippen molar-refractivity contribution < 1.29 is 9.53 Å². The Morgan fingerprint density at radius 3 is 2.32 bits per heavy atom. The molecule has 4 heteroatoms. The second-order valence-electron chi connectivity index (χ2n) is 6.49. The van der Waals surface area contributed by atoms with Crippen LogP contribution in [0.1, 0.15) is 59.8 Å². The first-order valence-corrected chi connectivity index (χ1v) is 7.09. The first kappa shape index (κ1) is 15.8. The van der Waals surface area contributed by atoms with Crippen molar-refractivity contribution in [3.8, 4) is 0 Å². The van der Waals surface area contributed by atoms with E-state index < -0.39 is 17.4 Å². The minimum Gasteiger partial charge on any atom is -0.444 e. The summed E-state index contributed by atoms with van der Waals surface area (Å²) in [6.45, 7) is 15.2. The van der Waals surface area contributed by atoms with E-state index in [9.17, 15) is 4.79 Å². The zero-order valence-electron chi connectivity index (χ0n) is 12.8. The number of rotatable bonds is 2. The van der Waals surface area contributed by atoms with Gasteiger partial charge in [-0.05, 0) is 39.5 Å². The van der Waals surface area contributed by atoms with Gasteiger partial charge in [-0.25, -0.2) is 16.3 Å². The van der Waals surface area contributed by atoms with Gasteiger partial charge in [0.05, 0.1) is 0 Å². The Morgan fingerprint density at radius 1 is 1.42 bits per heavy atom. The summed E-state index contributed by atoms with van der Waals surface area (Å²) in [6, 6.07) is 0. The molecule has 1 aliphatic rings. The van der Waals surface area contributed by atoms with Gasteiger partial charge in [0, 0.05) is 19.9 Å². The monoisotopic (exact) mass is 266 g/mol. The summed E-state index contributed by atoms with van der Waals surface area (Å²) in [6.07, 6.45) is 4.32. The number of hydrogen-bond donors (Lipinski definition) is 0. The highest BCUT2D eigenvalue weighted by Crippen LogP contribution is 2.38. The molecular weight excluding hydrogens is 240 g/mol. The van der Waals surface area contributed by atoms with Crippen LogP contribution in [0.5, 0.6) is 0 Å². The Morgan fingerprint density at radius 2 is 1.95 bits per heavy atom. The molecule has 1 saturated carbocycles. The van der Waals surface area contributed by atoms with Gasteiger partial charge >= 0.3 is 11.8 Å². The Labute approximate surface area is 116 Å². The third-order valence-corrected chi connectivity index (χ3v) is 3.98. The lowest BCUT2D eigenvalue weighted by Crippen LogP contribution is -2.50. The SMILES string of the molecule is [C-]#[N+]C1(N(C)C(=O)OC(C)(C)C)CCC(CC)CC1. The van der Waals surface area contributed by atoms with Gasteiger partial charge in [0.25, 0.3) is 0 Å². The van der Waals surface area contributed by atoms with Gasteiger partial charge < -0.3 is 4.74 Å². The van der Waals surface area contributed by atoms with Crippen molar-refractivity contribution in [1.82, 2.24) is 4.90 Å². The largest absolute Gasteiger partial charge is 0.444 e. The van der Waals surface area contributed by atoms with E-state index in [1.165, 1.54) is 4.90 Å². The van der Waals surface area contributed by atoms with Crippen LogP contribution in [0.4, 0.5) is 4.79 Å². The first-order valence-electron chi connectivity index (χ1n) is 7.09. The lowest BCUT2D eigenvalue weighted by molar-refractivity contribution is 0.00341. The second kappa shape index (κ2) is 5.81. The molecule has 0 spiro atoms. The molecule has 1 rings (SSSR count). The molecule has 0 atom stereocenters. The van der Waals surface area contributed by atoms with Crippen LogP contribution >= 0.6 is 0 Å². The fourth-order valence-electron chi connectivity index (χ4n) is 2.57. The lowest BCUT2D eigenvalue weighted by atomic mass is 9.80. The molecule has 0 aromatic carbocycles. The molecule has 0 radical (unpaired) electrons. The topological polar surface area (TPSA) is 33.9 Å². The molecule has 108 valence electrons. The van der Waals surface area contributed by atoms with E-state index in [1.54, 1.807) is 7.05 Å². The average molecular weight is 266 g/mol. The van der Waals surface area contributed by atoms with E-state index in [4.69, 9.17) is 11.3 Å². The molecule has 1 amide bonds. The highest BCUT2D eigenvalue weighted by molar-refractivity contribution is 5.69. The highest BCUT2D eigenvalue weighted by Gasteiger charge is 2.47. The predicted octanol–water partition coefficient (Wildman–Crippen LogP) is 4.07. The quantitative estimate of drug-likeness (QED) is 0.706. The van der Waals surface area contributed by atoms with Gasteiger partial charge in [-0.3, -0.25) is 4.85 Å². The summed E-state index contributed by atoms with van der Waals surface area (Å²) >= 11 is 0. The van der Waals surface area contributed by atoms with Crippen LogP contribution in [0, 0.1) is 12.5 Å². The van der Waals surface area contributed by atoms with Crippen LogP contribution in [0.25, 0.3) is 4.85 Å². The maximum atomic E-state index is 12.1. The van der Waals surface area contributed by atoms with Gasteiger partial charge in [0.2, 0.25) is 0 Å². The van der Waals surface area contributed by atoms with Crippen LogP contribution in [0.15, 0.2) is 0 Å². The molecule has 0 heterocycles. The Balaban J connectivity index is 2.75. The minimum absolute atomic E-state index is 0.390. The summed E-state index contributed by atoms with van der Waals surface area (Å²) in [5, 5.41) is 0. The molecular formula is C15H26N2O2. The van der Waals surface area contributed by atoms with E-state index in [0.717, 1.165) is 32.1 Å². The van der Waals surface area contributed by atoms with Crippen molar-refractivity contribution in [2.45, 2.75) is 71.1 Å². The number of hydrogen-bond acceptors (Lipinski definition) is 2. The average Bonchev–Trinajstić information content (AvgIpc) is 2.36. The Bertz CT molecular complexity index is 357. The van der Waals surface area contributed by atoms with Gasteiger partial charge in [-0.1, -0.05) is 13.3 Å². The molecule has 19 heavy (non-hydrogen) atoms. The number of carbonyl (C=O) groups is 1. The third-order valence-electron chi connectivity index (χ3n) is 3.98. The van der Waals surface area contributed by atoms with Crippen LogP contribution in [-0.2, 0) is 4.74 Å². The molecule has 0 bridgehead atoms. The molecule has 1 fully saturated rings. The van der Waals surface area contributed by atoms with E-state index in [0.29, 0.717) is 5.92 Å². The van der Waals surface area contributed by atoms with Crippen molar-refractivity contribution in [3.63, 3.8) is 0 Å². The van der Waals surface area contributed by atoms with Crippen LogP contribution in [0.3, 0.4) is 0 Å². The maximum absolute atomic E-state index is 12.1. The van der Waals surface area contributed by atoms with Crippen molar-refractivity contribution in [2.75, 3.05) is 7.05 Å².